The molecule has 0 unspecified atom stereocenters. The van der Waals surface area contributed by atoms with E-state index in [1.54, 1.807) is 0 Å². The topological polar surface area (TPSA) is 63.6 Å². The number of carbonyl (C=O) groups is 2. The predicted molar refractivity (Wildman–Crippen MR) is 44.7 cm³/mol. The molecule has 1 N–H and O–H groups in total. The van der Waals surface area contributed by atoms with E-state index in [0.717, 1.165) is 6.42 Å². The Morgan fingerprint density at radius 1 is 1.42 bits per heavy atom. The summed E-state index contributed by atoms with van der Waals surface area (Å²) < 4.78 is 4.20. The molecule has 0 heterocycles. The summed E-state index contributed by atoms with van der Waals surface area (Å²) in [6, 6.07) is 0. The summed E-state index contributed by atoms with van der Waals surface area (Å²) in [5.74, 6) is -0.644. The van der Waals surface area contributed by atoms with Gasteiger partial charge in [-0.15, -0.1) is 0 Å². The largest absolute Gasteiger partial charge is 0.469 e. The van der Waals surface area contributed by atoms with Crippen molar-refractivity contribution >= 4 is 11.8 Å². The Kier molecular flexibility index (Phi) is 11.5. The zero-order valence-electron chi connectivity index (χ0n) is 7.79. The van der Waals surface area contributed by atoms with Gasteiger partial charge in [0.2, 0.25) is 0 Å². The quantitative estimate of drug-likeness (QED) is 0.503. The van der Waals surface area contributed by atoms with Crippen LogP contribution in [0.25, 0.3) is 0 Å². The standard InChI is InChI=1S/C5H8O3.C3H8O/c1-4(6)3-5(7)8-2;1-2-3-4/h3H2,1-2H3;4H,2-3H2,1H3. The minimum absolute atomic E-state index is 0.115. The molecule has 0 saturated carbocycles. The lowest BCUT2D eigenvalue weighted by Crippen LogP contribution is -2.05. The van der Waals surface area contributed by atoms with Crippen LogP contribution in [0.5, 0.6) is 0 Å². The van der Waals surface area contributed by atoms with Gasteiger partial charge in [0.05, 0.1) is 7.11 Å². The Morgan fingerprint density at radius 2 is 1.83 bits per heavy atom. The second-order valence-electron chi connectivity index (χ2n) is 2.18. The molecule has 0 atom stereocenters. The zero-order chi connectivity index (χ0) is 9.98. The second kappa shape index (κ2) is 10.1. The first kappa shape index (κ1) is 13.7. The van der Waals surface area contributed by atoms with Crippen molar-refractivity contribution in [2.45, 2.75) is 26.7 Å². The van der Waals surface area contributed by atoms with Crippen LogP contribution in [0, 0.1) is 0 Å². The average molecular weight is 176 g/mol. The number of carbonyl (C=O) groups excluding carboxylic acids is 2. The van der Waals surface area contributed by atoms with Gasteiger partial charge in [0.15, 0.2) is 0 Å². The Labute approximate surface area is 72.5 Å². The van der Waals surface area contributed by atoms with Gasteiger partial charge in [0.25, 0.3) is 0 Å². The molecule has 4 nitrogen and oxygen atoms in total. The molecule has 72 valence electrons. The number of hydrogen-bond donors (Lipinski definition) is 1. The number of esters is 1. The Bertz CT molecular complexity index is 129. The van der Waals surface area contributed by atoms with Gasteiger partial charge >= 0.3 is 5.97 Å². The zero-order valence-corrected chi connectivity index (χ0v) is 7.79. The smallest absolute Gasteiger partial charge is 0.313 e. The van der Waals surface area contributed by atoms with Crippen LogP contribution in [0.15, 0.2) is 0 Å². The fraction of sp³-hybridized carbons (Fsp3) is 0.750. The van der Waals surface area contributed by atoms with E-state index >= 15 is 0 Å². The van der Waals surface area contributed by atoms with Crippen LogP contribution < -0.4 is 0 Å². The van der Waals surface area contributed by atoms with Crippen molar-refractivity contribution in [3.63, 3.8) is 0 Å². The molecule has 0 aliphatic rings. The number of ether oxygens (including phenoxy) is 1. The molecule has 0 aliphatic heterocycles. The van der Waals surface area contributed by atoms with Crippen LogP contribution in [-0.4, -0.2) is 30.6 Å². The SMILES string of the molecule is CCCO.COC(=O)CC(C)=O. The van der Waals surface area contributed by atoms with E-state index in [-0.39, 0.29) is 12.2 Å². The van der Waals surface area contributed by atoms with Gasteiger partial charge in [-0.2, -0.15) is 0 Å². The van der Waals surface area contributed by atoms with E-state index in [2.05, 4.69) is 4.74 Å². The van der Waals surface area contributed by atoms with E-state index in [0.29, 0.717) is 6.61 Å². The minimum atomic E-state index is -0.475. The summed E-state index contributed by atoms with van der Waals surface area (Å²) >= 11 is 0. The maximum absolute atomic E-state index is 10.2. The van der Waals surface area contributed by atoms with Crippen molar-refractivity contribution in [1.82, 2.24) is 0 Å². The normalized spacial score (nSPS) is 8.00. The third-order valence-electron chi connectivity index (χ3n) is 0.845. The molecular weight excluding hydrogens is 160 g/mol. The summed E-state index contributed by atoms with van der Waals surface area (Å²) in [7, 11) is 1.26. The number of rotatable bonds is 3. The van der Waals surface area contributed by atoms with E-state index in [1.807, 2.05) is 6.92 Å². The monoisotopic (exact) mass is 176 g/mol. The molecule has 0 bridgehead atoms. The van der Waals surface area contributed by atoms with Crippen molar-refractivity contribution in [1.29, 1.82) is 0 Å². The van der Waals surface area contributed by atoms with E-state index < -0.39 is 5.97 Å². The van der Waals surface area contributed by atoms with E-state index in [4.69, 9.17) is 5.11 Å². The fourth-order valence-electron chi connectivity index (χ4n) is 0.275. The van der Waals surface area contributed by atoms with Crippen LogP contribution in [0.2, 0.25) is 0 Å². The highest BCUT2D eigenvalue weighted by molar-refractivity contribution is 5.93. The molecule has 0 rings (SSSR count). The van der Waals surface area contributed by atoms with Crippen molar-refractivity contribution in [3.05, 3.63) is 0 Å². The summed E-state index contributed by atoms with van der Waals surface area (Å²) in [6.07, 6.45) is 0.760. The van der Waals surface area contributed by atoms with Gasteiger partial charge in [-0.25, -0.2) is 0 Å². The lowest BCUT2D eigenvalue weighted by molar-refractivity contribution is -0.142. The molecule has 0 spiro atoms. The minimum Gasteiger partial charge on any atom is -0.469 e. The highest BCUT2D eigenvalue weighted by Gasteiger charge is 2.01. The molecule has 0 amide bonds. The average Bonchev–Trinajstić information content (AvgIpc) is 2.04. The van der Waals surface area contributed by atoms with Gasteiger partial charge in [0.1, 0.15) is 12.2 Å². The third-order valence-corrected chi connectivity index (χ3v) is 0.845. The lowest BCUT2D eigenvalue weighted by atomic mass is 10.3. The number of Topliss-reactive ketones (excluding diaryl/α,β-unsaturated/α-hetero) is 1. The van der Waals surface area contributed by atoms with Crippen LogP contribution in [0.3, 0.4) is 0 Å². The fourth-order valence-corrected chi connectivity index (χ4v) is 0.275. The Hall–Kier alpha value is -0.900. The highest BCUT2D eigenvalue weighted by atomic mass is 16.5. The molecule has 0 radical (unpaired) electrons. The van der Waals surface area contributed by atoms with Gasteiger partial charge < -0.3 is 9.84 Å². The maximum atomic E-state index is 10.2. The Morgan fingerprint density at radius 3 is 1.92 bits per heavy atom. The molecule has 0 aromatic heterocycles. The maximum Gasteiger partial charge on any atom is 0.313 e. The summed E-state index contributed by atoms with van der Waals surface area (Å²) in [5.41, 5.74) is 0. The van der Waals surface area contributed by atoms with Crippen LogP contribution in [0.4, 0.5) is 0 Å². The number of aliphatic hydroxyl groups excluding tert-OH is 1. The van der Waals surface area contributed by atoms with Crippen molar-refractivity contribution in [2.75, 3.05) is 13.7 Å². The first-order valence-corrected chi connectivity index (χ1v) is 3.75. The van der Waals surface area contributed by atoms with Crippen molar-refractivity contribution in [3.8, 4) is 0 Å². The summed E-state index contributed by atoms with van der Waals surface area (Å²) in [6.45, 7) is 3.59. The molecule has 0 fully saturated rings. The van der Waals surface area contributed by atoms with Gasteiger partial charge in [-0.1, -0.05) is 6.92 Å². The molecule has 0 aliphatic carbocycles. The molecule has 0 aromatic rings. The molecular formula is C8H16O4. The summed E-state index contributed by atoms with van der Waals surface area (Å²) in [4.78, 5) is 20.3. The van der Waals surface area contributed by atoms with Crippen LogP contribution in [0.1, 0.15) is 26.7 Å². The van der Waals surface area contributed by atoms with E-state index in [9.17, 15) is 9.59 Å². The number of methoxy groups -OCH3 is 1. The van der Waals surface area contributed by atoms with E-state index in [1.165, 1.54) is 14.0 Å². The summed E-state index contributed by atoms with van der Waals surface area (Å²) in [5, 5.41) is 7.88. The number of ketones is 1. The second-order valence-corrected chi connectivity index (χ2v) is 2.18. The highest BCUT2D eigenvalue weighted by Crippen LogP contribution is 1.83. The molecule has 0 aromatic carbocycles. The lowest BCUT2D eigenvalue weighted by Gasteiger charge is -1.90. The molecule has 0 saturated heterocycles. The van der Waals surface area contributed by atoms with Crippen LogP contribution in [-0.2, 0) is 14.3 Å². The van der Waals surface area contributed by atoms with Crippen molar-refractivity contribution in [2.24, 2.45) is 0 Å². The first-order chi connectivity index (χ1) is 5.58. The first-order valence-electron chi connectivity index (χ1n) is 3.75. The number of hydrogen-bond acceptors (Lipinski definition) is 4. The number of aliphatic hydroxyl groups is 1. The molecule has 4 heteroatoms. The van der Waals surface area contributed by atoms with Crippen molar-refractivity contribution < 1.29 is 19.4 Å². The van der Waals surface area contributed by atoms with Gasteiger partial charge in [-0.3, -0.25) is 9.59 Å². The molecule has 12 heavy (non-hydrogen) atoms. The van der Waals surface area contributed by atoms with Crippen LogP contribution >= 0.6 is 0 Å². The van der Waals surface area contributed by atoms with Gasteiger partial charge in [0, 0.05) is 6.61 Å². The predicted octanol–water partition coefficient (Wildman–Crippen LogP) is 0.527. The Balaban J connectivity index is 0. The van der Waals surface area contributed by atoms with Gasteiger partial charge in [-0.05, 0) is 13.3 Å². The third kappa shape index (κ3) is 16.0.